The Bertz CT molecular complexity index is 1530. The average molecular weight is 651 g/mol. The maximum atomic E-state index is 14.2. The molecule has 0 bridgehead atoms. The molecule has 11 heteroatoms. The summed E-state index contributed by atoms with van der Waals surface area (Å²) in [6.45, 7) is 3.10. The topological polar surface area (TPSA) is 86.8 Å². The normalized spacial score (nSPS) is 14.4. The number of halogens is 3. The van der Waals surface area contributed by atoms with Gasteiger partial charge in [-0.3, -0.25) is 13.9 Å². The lowest BCUT2D eigenvalue weighted by atomic mass is 10.1. The molecule has 0 heterocycles. The number of nitrogens with one attached hydrogen (secondary N) is 1. The van der Waals surface area contributed by atoms with Crippen LogP contribution in [-0.4, -0.2) is 43.8 Å². The third-order valence-electron chi connectivity index (χ3n) is 7.43. The number of aryl methyl sites for hydroxylation is 1. The summed E-state index contributed by atoms with van der Waals surface area (Å²) in [6.07, 6.45) is 4.16. The van der Waals surface area contributed by atoms with Gasteiger partial charge in [-0.2, -0.15) is 0 Å². The van der Waals surface area contributed by atoms with Crippen molar-refractivity contribution in [2.24, 2.45) is 0 Å². The van der Waals surface area contributed by atoms with E-state index in [1.165, 1.54) is 23.1 Å². The summed E-state index contributed by atoms with van der Waals surface area (Å²) >= 11 is 18.8. The molecule has 0 radical (unpaired) electrons. The number of carbonyl (C=O) groups excluding carboxylic acids is 2. The van der Waals surface area contributed by atoms with Crippen LogP contribution in [0, 0.1) is 6.92 Å². The van der Waals surface area contributed by atoms with Crippen molar-refractivity contribution in [3.8, 4) is 0 Å². The second-order valence-corrected chi connectivity index (χ2v) is 13.6. The molecule has 7 nitrogen and oxygen atoms in total. The second-order valence-electron chi connectivity index (χ2n) is 10.5. The Kier molecular flexibility index (Phi) is 10.8. The molecule has 224 valence electrons. The van der Waals surface area contributed by atoms with Crippen molar-refractivity contribution in [1.82, 2.24) is 10.2 Å². The van der Waals surface area contributed by atoms with Crippen LogP contribution < -0.4 is 9.62 Å². The molecule has 2 amide bonds. The molecule has 0 spiro atoms. The van der Waals surface area contributed by atoms with E-state index in [2.05, 4.69) is 5.32 Å². The van der Waals surface area contributed by atoms with Gasteiger partial charge in [0.2, 0.25) is 11.8 Å². The van der Waals surface area contributed by atoms with Crippen molar-refractivity contribution >= 4 is 62.3 Å². The standard InChI is InChI=1S/C31H34Cl3N3O4S/c1-3-29(31(39)35-25-8-4-5-9-25)36(19-22-13-14-24(33)18-28(22)34)30(38)20-37(26-10-6-7-23(32)17-26)42(40,41)27-15-11-21(2)12-16-27/h6-7,10-18,25,29H,3-5,8-9,19-20H2,1-2H3,(H,35,39)/t29-/m0/s1. The van der Waals surface area contributed by atoms with Crippen LogP contribution in [0.1, 0.15) is 50.2 Å². The summed E-state index contributed by atoms with van der Waals surface area (Å²) in [4.78, 5) is 29.2. The summed E-state index contributed by atoms with van der Waals surface area (Å²) in [5, 5.41) is 4.18. The summed E-state index contributed by atoms with van der Waals surface area (Å²) in [6, 6.07) is 16.8. The fraction of sp³-hybridized carbons (Fsp3) is 0.355. The second kappa shape index (κ2) is 14.1. The van der Waals surface area contributed by atoms with E-state index in [0.717, 1.165) is 35.6 Å². The number of carbonyl (C=O) groups is 2. The zero-order valence-corrected chi connectivity index (χ0v) is 26.6. The van der Waals surface area contributed by atoms with E-state index >= 15 is 0 Å². The fourth-order valence-corrected chi connectivity index (χ4v) is 7.18. The van der Waals surface area contributed by atoms with Crippen molar-refractivity contribution in [2.45, 2.75) is 69.5 Å². The lowest BCUT2D eigenvalue weighted by Gasteiger charge is -2.34. The Morgan fingerprint density at radius 2 is 1.62 bits per heavy atom. The van der Waals surface area contributed by atoms with Gasteiger partial charge in [0.05, 0.1) is 10.6 Å². The molecule has 3 aromatic rings. The minimum absolute atomic E-state index is 0.0145. The first-order valence-electron chi connectivity index (χ1n) is 13.9. The lowest BCUT2D eigenvalue weighted by Crippen LogP contribution is -2.53. The molecule has 3 aromatic carbocycles. The minimum atomic E-state index is -4.19. The van der Waals surface area contributed by atoms with Gasteiger partial charge in [-0.1, -0.05) is 84.4 Å². The number of hydrogen-bond acceptors (Lipinski definition) is 4. The maximum Gasteiger partial charge on any atom is 0.264 e. The Labute approximate surface area is 262 Å². The quantitative estimate of drug-likeness (QED) is 0.242. The molecule has 4 rings (SSSR count). The maximum absolute atomic E-state index is 14.2. The number of sulfonamides is 1. The van der Waals surface area contributed by atoms with Crippen molar-refractivity contribution in [3.63, 3.8) is 0 Å². The molecule has 0 aliphatic heterocycles. The SMILES string of the molecule is CC[C@@H](C(=O)NC1CCCC1)N(Cc1ccc(Cl)cc1Cl)C(=O)CN(c1cccc(Cl)c1)S(=O)(=O)c1ccc(C)cc1. The molecule has 1 aliphatic rings. The first-order chi connectivity index (χ1) is 20.0. The Balaban J connectivity index is 1.73. The number of benzene rings is 3. The van der Waals surface area contributed by atoms with Gasteiger partial charge in [0.1, 0.15) is 12.6 Å². The molecule has 0 saturated heterocycles. The molecule has 0 aromatic heterocycles. The Hall–Kier alpha value is -2.78. The van der Waals surface area contributed by atoms with Crippen molar-refractivity contribution in [3.05, 3.63) is 92.9 Å². The van der Waals surface area contributed by atoms with Crippen molar-refractivity contribution in [1.29, 1.82) is 0 Å². The summed E-state index contributed by atoms with van der Waals surface area (Å²) < 4.78 is 29.0. The first kappa shape index (κ1) is 32.1. The molecular formula is C31H34Cl3N3O4S. The Morgan fingerprint density at radius 3 is 2.24 bits per heavy atom. The van der Waals surface area contributed by atoms with Crippen LogP contribution in [0.3, 0.4) is 0 Å². The van der Waals surface area contributed by atoms with Crippen LogP contribution >= 0.6 is 34.8 Å². The molecule has 1 fully saturated rings. The number of rotatable bonds is 11. The predicted octanol–water partition coefficient (Wildman–Crippen LogP) is 7.02. The average Bonchev–Trinajstić information content (AvgIpc) is 3.45. The van der Waals surface area contributed by atoms with E-state index < -0.39 is 28.5 Å². The van der Waals surface area contributed by atoms with Gasteiger partial charge in [-0.25, -0.2) is 8.42 Å². The van der Waals surface area contributed by atoms with Gasteiger partial charge >= 0.3 is 0 Å². The largest absolute Gasteiger partial charge is 0.352 e. The van der Waals surface area contributed by atoms with Gasteiger partial charge in [0.15, 0.2) is 0 Å². The van der Waals surface area contributed by atoms with E-state index in [1.807, 2.05) is 13.8 Å². The summed E-state index contributed by atoms with van der Waals surface area (Å²) in [5.74, 6) is -0.844. The zero-order chi connectivity index (χ0) is 30.4. The van der Waals surface area contributed by atoms with Crippen LogP contribution in [0.25, 0.3) is 0 Å². The summed E-state index contributed by atoms with van der Waals surface area (Å²) in [5.41, 5.74) is 1.70. The molecule has 1 aliphatic carbocycles. The van der Waals surface area contributed by atoms with Crippen LogP contribution in [-0.2, 0) is 26.2 Å². The molecule has 1 atom stereocenters. The number of amides is 2. The van der Waals surface area contributed by atoms with Crippen LogP contribution in [0.5, 0.6) is 0 Å². The van der Waals surface area contributed by atoms with Gasteiger partial charge in [-0.15, -0.1) is 0 Å². The van der Waals surface area contributed by atoms with Crippen molar-refractivity contribution < 1.29 is 18.0 Å². The monoisotopic (exact) mass is 649 g/mol. The molecule has 42 heavy (non-hydrogen) atoms. The third kappa shape index (κ3) is 7.78. The third-order valence-corrected chi connectivity index (χ3v) is 10.0. The Morgan fingerprint density at radius 1 is 0.952 bits per heavy atom. The number of nitrogens with zero attached hydrogens (tertiary/aromatic N) is 2. The summed E-state index contributed by atoms with van der Waals surface area (Å²) in [7, 11) is -4.19. The van der Waals surface area contributed by atoms with Crippen LogP contribution in [0.4, 0.5) is 5.69 Å². The van der Waals surface area contributed by atoms with Crippen molar-refractivity contribution in [2.75, 3.05) is 10.8 Å². The molecule has 1 N–H and O–H groups in total. The zero-order valence-electron chi connectivity index (χ0n) is 23.5. The van der Waals surface area contributed by atoms with Gasteiger partial charge in [0.25, 0.3) is 10.0 Å². The van der Waals surface area contributed by atoms with Crippen LogP contribution in [0.15, 0.2) is 71.6 Å². The van der Waals surface area contributed by atoms with E-state index in [0.29, 0.717) is 27.1 Å². The van der Waals surface area contributed by atoms with E-state index in [-0.39, 0.29) is 29.1 Å². The van der Waals surface area contributed by atoms with Gasteiger partial charge in [-0.05, 0) is 74.2 Å². The molecule has 0 unspecified atom stereocenters. The highest BCUT2D eigenvalue weighted by molar-refractivity contribution is 7.92. The highest BCUT2D eigenvalue weighted by Crippen LogP contribution is 2.29. The highest BCUT2D eigenvalue weighted by atomic mass is 35.5. The smallest absolute Gasteiger partial charge is 0.264 e. The van der Waals surface area contributed by atoms with Crippen LogP contribution in [0.2, 0.25) is 15.1 Å². The first-order valence-corrected chi connectivity index (χ1v) is 16.5. The fourth-order valence-electron chi connectivity index (χ4n) is 5.12. The highest BCUT2D eigenvalue weighted by Gasteiger charge is 2.35. The van der Waals surface area contributed by atoms with Gasteiger partial charge < -0.3 is 10.2 Å². The number of anilines is 1. The predicted molar refractivity (Wildman–Crippen MR) is 169 cm³/mol. The van der Waals surface area contributed by atoms with E-state index in [9.17, 15) is 18.0 Å². The van der Waals surface area contributed by atoms with Gasteiger partial charge in [0, 0.05) is 27.7 Å². The lowest BCUT2D eigenvalue weighted by molar-refractivity contribution is -0.140. The van der Waals surface area contributed by atoms with E-state index in [1.54, 1.807) is 48.5 Å². The minimum Gasteiger partial charge on any atom is -0.352 e. The molecule has 1 saturated carbocycles. The van der Waals surface area contributed by atoms with E-state index in [4.69, 9.17) is 34.8 Å². The molecular weight excluding hydrogens is 617 g/mol. The number of hydrogen-bond donors (Lipinski definition) is 1.